The summed E-state index contributed by atoms with van der Waals surface area (Å²) < 4.78 is 18.8. The van der Waals surface area contributed by atoms with Crippen LogP contribution in [0, 0.1) is 5.82 Å². The normalized spacial score (nSPS) is 13.4. The number of aliphatic hydroxyl groups is 1. The fourth-order valence-electron chi connectivity index (χ4n) is 2.51. The lowest BCUT2D eigenvalue weighted by Gasteiger charge is -2.11. The van der Waals surface area contributed by atoms with Crippen LogP contribution in [0.4, 0.5) is 4.39 Å². The highest BCUT2D eigenvalue weighted by Gasteiger charge is 2.12. The van der Waals surface area contributed by atoms with Crippen LogP contribution in [0.15, 0.2) is 36.4 Å². The van der Waals surface area contributed by atoms with Gasteiger partial charge in [0.25, 0.3) is 0 Å². The van der Waals surface area contributed by atoms with E-state index in [0.717, 1.165) is 18.6 Å². The summed E-state index contributed by atoms with van der Waals surface area (Å²) in [7, 11) is 0. The first-order valence-corrected chi connectivity index (χ1v) is 6.45. The summed E-state index contributed by atoms with van der Waals surface area (Å²) in [5, 5.41) is 9.23. The van der Waals surface area contributed by atoms with Gasteiger partial charge < -0.3 is 9.84 Å². The van der Waals surface area contributed by atoms with Crippen LogP contribution in [0.1, 0.15) is 23.1 Å². The lowest BCUT2D eigenvalue weighted by Crippen LogP contribution is -1.94. The van der Waals surface area contributed by atoms with Crippen molar-refractivity contribution < 1.29 is 14.2 Å². The molecule has 0 bridgehead atoms. The van der Waals surface area contributed by atoms with Gasteiger partial charge in [0.1, 0.15) is 17.3 Å². The third-order valence-electron chi connectivity index (χ3n) is 3.49. The number of hydrogen-bond donors (Lipinski definition) is 1. The number of aliphatic hydroxyl groups excluding tert-OH is 1. The maximum atomic E-state index is 13.1. The first-order chi connectivity index (χ1) is 9.26. The van der Waals surface area contributed by atoms with Crippen molar-refractivity contribution in [2.75, 3.05) is 0 Å². The third-order valence-corrected chi connectivity index (χ3v) is 3.49. The molecule has 0 saturated heterocycles. The summed E-state index contributed by atoms with van der Waals surface area (Å²) in [4.78, 5) is 0. The number of ether oxygens (including phenoxy) is 1. The van der Waals surface area contributed by atoms with E-state index in [1.165, 1.54) is 29.7 Å². The Morgan fingerprint density at radius 2 is 1.89 bits per heavy atom. The number of rotatable bonds is 3. The Hall–Kier alpha value is -1.87. The zero-order valence-corrected chi connectivity index (χ0v) is 10.5. The van der Waals surface area contributed by atoms with E-state index in [4.69, 9.17) is 4.74 Å². The third kappa shape index (κ3) is 2.47. The van der Waals surface area contributed by atoms with Crippen molar-refractivity contribution in [2.45, 2.75) is 25.9 Å². The zero-order chi connectivity index (χ0) is 13.2. The molecule has 0 unspecified atom stereocenters. The van der Waals surface area contributed by atoms with E-state index >= 15 is 0 Å². The van der Waals surface area contributed by atoms with Crippen molar-refractivity contribution in [1.29, 1.82) is 0 Å². The first kappa shape index (κ1) is 12.2. The Kier molecular flexibility index (Phi) is 3.22. The zero-order valence-electron chi connectivity index (χ0n) is 10.5. The summed E-state index contributed by atoms with van der Waals surface area (Å²) >= 11 is 0. The van der Waals surface area contributed by atoms with Gasteiger partial charge in [0.05, 0.1) is 6.61 Å². The van der Waals surface area contributed by atoms with Crippen molar-refractivity contribution in [3.63, 3.8) is 0 Å². The second-order valence-electron chi connectivity index (χ2n) is 4.80. The van der Waals surface area contributed by atoms with Gasteiger partial charge in [-0.05, 0) is 60.7 Å². The van der Waals surface area contributed by atoms with Gasteiger partial charge in [-0.25, -0.2) is 4.39 Å². The molecule has 0 atom stereocenters. The Balaban J connectivity index is 1.89. The fourth-order valence-corrected chi connectivity index (χ4v) is 2.51. The molecule has 0 fully saturated rings. The van der Waals surface area contributed by atoms with Crippen molar-refractivity contribution >= 4 is 0 Å². The molecule has 0 amide bonds. The van der Waals surface area contributed by atoms with Crippen LogP contribution in [-0.2, 0) is 19.4 Å². The molecule has 19 heavy (non-hydrogen) atoms. The molecule has 2 aromatic rings. The van der Waals surface area contributed by atoms with Crippen molar-refractivity contribution in [2.24, 2.45) is 0 Å². The highest BCUT2D eigenvalue weighted by Crippen LogP contribution is 2.30. The van der Waals surface area contributed by atoms with Crippen LogP contribution in [0.5, 0.6) is 11.5 Å². The lowest BCUT2D eigenvalue weighted by atomic mass is 10.1. The highest BCUT2D eigenvalue weighted by molar-refractivity contribution is 5.42. The van der Waals surface area contributed by atoms with E-state index in [-0.39, 0.29) is 12.4 Å². The van der Waals surface area contributed by atoms with E-state index < -0.39 is 0 Å². The largest absolute Gasteiger partial charge is 0.457 e. The maximum absolute atomic E-state index is 13.1. The molecule has 0 heterocycles. The molecule has 0 spiro atoms. The highest BCUT2D eigenvalue weighted by atomic mass is 19.1. The lowest BCUT2D eigenvalue weighted by molar-refractivity contribution is 0.276. The molecule has 3 heteroatoms. The second-order valence-corrected chi connectivity index (χ2v) is 4.80. The van der Waals surface area contributed by atoms with E-state index in [0.29, 0.717) is 11.3 Å². The van der Waals surface area contributed by atoms with E-state index in [1.807, 2.05) is 12.1 Å². The second kappa shape index (κ2) is 5.02. The standard InChI is InChI=1S/C16H15FO2/c17-14-5-7-16(13(8-14)10-18)19-15-6-4-11-2-1-3-12(11)9-15/h4-9,18H,1-3,10H2. The minimum atomic E-state index is -0.370. The Labute approximate surface area is 111 Å². The molecule has 1 aliphatic rings. The topological polar surface area (TPSA) is 29.5 Å². The molecule has 98 valence electrons. The van der Waals surface area contributed by atoms with E-state index in [1.54, 1.807) is 6.07 Å². The summed E-state index contributed by atoms with van der Waals surface area (Å²) in [6.07, 6.45) is 3.41. The number of benzene rings is 2. The SMILES string of the molecule is OCc1cc(F)ccc1Oc1ccc2c(c1)CCC2. The smallest absolute Gasteiger partial charge is 0.133 e. The molecule has 1 aliphatic carbocycles. The van der Waals surface area contributed by atoms with Crippen LogP contribution >= 0.6 is 0 Å². The minimum absolute atomic E-state index is 0.238. The van der Waals surface area contributed by atoms with Crippen molar-refractivity contribution in [3.05, 3.63) is 58.9 Å². The molecule has 3 rings (SSSR count). The fraction of sp³-hybridized carbons (Fsp3) is 0.250. The Morgan fingerprint density at radius 1 is 1.05 bits per heavy atom. The summed E-state index contributed by atoms with van der Waals surface area (Å²) in [6, 6.07) is 10.2. The molecular formula is C16H15FO2. The molecular weight excluding hydrogens is 243 g/mol. The quantitative estimate of drug-likeness (QED) is 0.911. The van der Waals surface area contributed by atoms with Crippen LogP contribution in [-0.4, -0.2) is 5.11 Å². The van der Waals surface area contributed by atoms with Crippen LogP contribution in [0.2, 0.25) is 0 Å². The van der Waals surface area contributed by atoms with Gasteiger partial charge in [0.15, 0.2) is 0 Å². The molecule has 2 nitrogen and oxygen atoms in total. The van der Waals surface area contributed by atoms with Gasteiger partial charge in [-0.2, -0.15) is 0 Å². The predicted molar refractivity (Wildman–Crippen MR) is 70.9 cm³/mol. The molecule has 0 saturated carbocycles. The van der Waals surface area contributed by atoms with Gasteiger partial charge in [0, 0.05) is 5.56 Å². The van der Waals surface area contributed by atoms with E-state index in [2.05, 4.69) is 6.07 Å². The van der Waals surface area contributed by atoms with Crippen LogP contribution < -0.4 is 4.74 Å². The summed E-state index contributed by atoms with van der Waals surface area (Å²) in [5.41, 5.74) is 3.17. The summed E-state index contributed by atoms with van der Waals surface area (Å²) in [5.74, 6) is 0.870. The van der Waals surface area contributed by atoms with Gasteiger partial charge in [0.2, 0.25) is 0 Å². The molecule has 0 aromatic heterocycles. The van der Waals surface area contributed by atoms with Crippen LogP contribution in [0.25, 0.3) is 0 Å². The van der Waals surface area contributed by atoms with Gasteiger partial charge in [-0.3, -0.25) is 0 Å². The van der Waals surface area contributed by atoms with Gasteiger partial charge in [-0.1, -0.05) is 6.07 Å². The number of halogens is 1. The Bertz CT molecular complexity index is 608. The van der Waals surface area contributed by atoms with Crippen molar-refractivity contribution in [1.82, 2.24) is 0 Å². The number of fused-ring (bicyclic) bond motifs is 1. The first-order valence-electron chi connectivity index (χ1n) is 6.45. The average molecular weight is 258 g/mol. The Morgan fingerprint density at radius 3 is 2.74 bits per heavy atom. The molecule has 2 aromatic carbocycles. The predicted octanol–water partition coefficient (Wildman–Crippen LogP) is 3.60. The van der Waals surface area contributed by atoms with Crippen LogP contribution in [0.3, 0.4) is 0 Å². The summed E-state index contributed by atoms with van der Waals surface area (Å²) in [6.45, 7) is -0.238. The van der Waals surface area contributed by atoms with Gasteiger partial charge in [-0.15, -0.1) is 0 Å². The average Bonchev–Trinajstić information content (AvgIpc) is 2.88. The molecule has 0 aliphatic heterocycles. The number of hydrogen-bond acceptors (Lipinski definition) is 2. The maximum Gasteiger partial charge on any atom is 0.133 e. The number of aryl methyl sites for hydroxylation is 2. The molecule has 1 N–H and O–H groups in total. The minimum Gasteiger partial charge on any atom is -0.457 e. The molecule has 0 radical (unpaired) electrons. The van der Waals surface area contributed by atoms with Crippen molar-refractivity contribution in [3.8, 4) is 11.5 Å². The van der Waals surface area contributed by atoms with Gasteiger partial charge >= 0.3 is 0 Å². The van der Waals surface area contributed by atoms with E-state index in [9.17, 15) is 9.50 Å². The monoisotopic (exact) mass is 258 g/mol.